The van der Waals surface area contributed by atoms with Crippen LogP contribution in [0.3, 0.4) is 0 Å². The highest BCUT2D eigenvalue weighted by Crippen LogP contribution is 2.38. The van der Waals surface area contributed by atoms with E-state index < -0.39 is 5.60 Å². The standard InChI is InChI=1S/C19H29NO5/c1-6-14-12-20(8-7-19(14,2)22)17(21)11-13-9-15(23-3)18(25-5)16(10-13)24-4/h9-10,14,22H,6-8,11-12H2,1-5H3/t14-,19+/m1/s1. The van der Waals surface area contributed by atoms with Crippen LogP contribution in [0.1, 0.15) is 32.3 Å². The Morgan fingerprint density at radius 3 is 2.32 bits per heavy atom. The number of aliphatic hydroxyl groups is 1. The number of likely N-dealkylation sites (tertiary alicyclic amines) is 1. The summed E-state index contributed by atoms with van der Waals surface area (Å²) >= 11 is 0. The van der Waals surface area contributed by atoms with Crippen LogP contribution in [0.5, 0.6) is 17.2 Å². The zero-order valence-corrected chi connectivity index (χ0v) is 15.8. The van der Waals surface area contributed by atoms with Gasteiger partial charge in [-0.1, -0.05) is 6.92 Å². The van der Waals surface area contributed by atoms with Gasteiger partial charge in [-0.3, -0.25) is 4.79 Å². The van der Waals surface area contributed by atoms with Crippen molar-refractivity contribution in [2.75, 3.05) is 34.4 Å². The number of ether oxygens (including phenoxy) is 3. The second-order valence-electron chi connectivity index (χ2n) is 6.76. The SMILES string of the molecule is CC[C@@H]1CN(C(=O)Cc2cc(OC)c(OC)c(OC)c2)CC[C@]1(C)O. The summed E-state index contributed by atoms with van der Waals surface area (Å²) in [7, 11) is 4.67. The van der Waals surface area contributed by atoms with Crippen LogP contribution in [-0.2, 0) is 11.2 Å². The van der Waals surface area contributed by atoms with Crippen molar-refractivity contribution in [2.24, 2.45) is 5.92 Å². The predicted octanol–water partition coefficient (Wildman–Crippen LogP) is 2.26. The topological polar surface area (TPSA) is 68.2 Å². The van der Waals surface area contributed by atoms with Gasteiger partial charge in [-0.2, -0.15) is 0 Å². The molecule has 6 heteroatoms. The van der Waals surface area contributed by atoms with Crippen LogP contribution in [0.25, 0.3) is 0 Å². The van der Waals surface area contributed by atoms with Crippen LogP contribution in [0.15, 0.2) is 12.1 Å². The summed E-state index contributed by atoms with van der Waals surface area (Å²) in [5.41, 5.74) is 0.114. The van der Waals surface area contributed by atoms with Crippen molar-refractivity contribution in [3.05, 3.63) is 17.7 Å². The number of hydrogen-bond acceptors (Lipinski definition) is 5. The van der Waals surface area contributed by atoms with Crippen molar-refractivity contribution in [3.8, 4) is 17.2 Å². The number of carbonyl (C=O) groups excluding carboxylic acids is 1. The zero-order chi connectivity index (χ0) is 18.6. The molecule has 0 aliphatic carbocycles. The Balaban J connectivity index is 2.15. The van der Waals surface area contributed by atoms with Crippen LogP contribution in [0.4, 0.5) is 0 Å². The van der Waals surface area contributed by atoms with Gasteiger partial charge in [-0.05, 0) is 37.5 Å². The molecule has 1 aromatic carbocycles. The highest BCUT2D eigenvalue weighted by atomic mass is 16.5. The fraction of sp³-hybridized carbons (Fsp3) is 0.632. The third-order valence-electron chi connectivity index (χ3n) is 5.13. The van der Waals surface area contributed by atoms with E-state index in [0.29, 0.717) is 36.8 Å². The fourth-order valence-electron chi connectivity index (χ4n) is 3.44. The molecule has 0 bridgehead atoms. The minimum absolute atomic E-state index is 0.0447. The predicted molar refractivity (Wildman–Crippen MR) is 95.4 cm³/mol. The molecule has 0 spiro atoms. The Morgan fingerprint density at radius 2 is 1.84 bits per heavy atom. The number of nitrogens with zero attached hydrogens (tertiary/aromatic N) is 1. The summed E-state index contributed by atoms with van der Waals surface area (Å²) in [5, 5.41) is 10.4. The normalized spacial score (nSPS) is 23.3. The van der Waals surface area contributed by atoms with E-state index in [0.717, 1.165) is 12.0 Å². The van der Waals surface area contributed by atoms with Crippen molar-refractivity contribution >= 4 is 5.91 Å². The van der Waals surface area contributed by atoms with Crippen molar-refractivity contribution in [2.45, 2.75) is 38.7 Å². The molecule has 6 nitrogen and oxygen atoms in total. The lowest BCUT2D eigenvalue weighted by atomic mass is 9.81. The summed E-state index contributed by atoms with van der Waals surface area (Å²) in [6.07, 6.45) is 1.71. The largest absolute Gasteiger partial charge is 0.493 e. The van der Waals surface area contributed by atoms with Gasteiger partial charge >= 0.3 is 0 Å². The molecule has 0 saturated carbocycles. The van der Waals surface area contributed by atoms with Crippen molar-refractivity contribution in [1.29, 1.82) is 0 Å². The fourth-order valence-corrected chi connectivity index (χ4v) is 3.44. The molecule has 25 heavy (non-hydrogen) atoms. The number of amides is 1. The summed E-state index contributed by atoms with van der Waals surface area (Å²) < 4.78 is 16.0. The van der Waals surface area contributed by atoms with E-state index in [2.05, 4.69) is 0 Å². The molecule has 1 fully saturated rings. The Hall–Kier alpha value is -1.95. The van der Waals surface area contributed by atoms with E-state index in [1.54, 1.807) is 33.5 Å². The summed E-state index contributed by atoms with van der Waals surface area (Å²) in [4.78, 5) is 14.6. The van der Waals surface area contributed by atoms with Gasteiger partial charge < -0.3 is 24.2 Å². The second kappa shape index (κ2) is 7.95. The van der Waals surface area contributed by atoms with Gasteiger partial charge in [0, 0.05) is 19.0 Å². The third kappa shape index (κ3) is 4.18. The molecular formula is C19H29NO5. The maximum absolute atomic E-state index is 12.7. The molecule has 1 N–H and O–H groups in total. The summed E-state index contributed by atoms with van der Waals surface area (Å²) in [5.74, 6) is 1.74. The number of rotatable bonds is 6. The number of benzene rings is 1. The molecule has 1 aromatic rings. The van der Waals surface area contributed by atoms with Crippen LogP contribution in [0.2, 0.25) is 0 Å². The molecular weight excluding hydrogens is 322 g/mol. The minimum atomic E-state index is -0.696. The molecule has 1 aliphatic rings. The first kappa shape index (κ1) is 19.4. The van der Waals surface area contributed by atoms with Crippen LogP contribution < -0.4 is 14.2 Å². The molecule has 1 aliphatic heterocycles. The van der Waals surface area contributed by atoms with Gasteiger partial charge in [0.1, 0.15) is 0 Å². The lowest BCUT2D eigenvalue weighted by molar-refractivity contribution is -0.138. The highest BCUT2D eigenvalue weighted by Gasteiger charge is 2.37. The minimum Gasteiger partial charge on any atom is -0.493 e. The first-order chi connectivity index (χ1) is 11.9. The first-order valence-corrected chi connectivity index (χ1v) is 8.65. The van der Waals surface area contributed by atoms with Gasteiger partial charge in [0.2, 0.25) is 11.7 Å². The Kier molecular flexibility index (Phi) is 6.16. The van der Waals surface area contributed by atoms with E-state index in [-0.39, 0.29) is 18.2 Å². The van der Waals surface area contributed by atoms with E-state index >= 15 is 0 Å². The van der Waals surface area contributed by atoms with Crippen molar-refractivity contribution in [3.63, 3.8) is 0 Å². The molecule has 2 rings (SSSR count). The van der Waals surface area contributed by atoms with E-state index in [1.807, 2.05) is 18.7 Å². The highest BCUT2D eigenvalue weighted by molar-refractivity contribution is 5.79. The molecule has 1 amide bonds. The van der Waals surface area contributed by atoms with Gasteiger partial charge in [-0.25, -0.2) is 0 Å². The molecule has 1 heterocycles. The average molecular weight is 351 g/mol. The van der Waals surface area contributed by atoms with Gasteiger partial charge in [-0.15, -0.1) is 0 Å². The van der Waals surface area contributed by atoms with Crippen molar-refractivity contribution < 1.29 is 24.1 Å². The van der Waals surface area contributed by atoms with Crippen LogP contribution >= 0.6 is 0 Å². The maximum Gasteiger partial charge on any atom is 0.227 e. The quantitative estimate of drug-likeness (QED) is 0.851. The Labute approximate surface area is 149 Å². The lowest BCUT2D eigenvalue weighted by Gasteiger charge is -2.42. The van der Waals surface area contributed by atoms with Crippen LogP contribution in [0, 0.1) is 5.92 Å². The number of piperidine rings is 1. The molecule has 0 aromatic heterocycles. The summed E-state index contributed by atoms with van der Waals surface area (Å²) in [6.45, 7) is 5.08. The maximum atomic E-state index is 12.7. The monoisotopic (exact) mass is 351 g/mol. The smallest absolute Gasteiger partial charge is 0.227 e. The molecule has 0 radical (unpaired) electrons. The van der Waals surface area contributed by atoms with Crippen molar-refractivity contribution in [1.82, 2.24) is 4.90 Å². The number of methoxy groups -OCH3 is 3. The summed E-state index contributed by atoms with van der Waals surface area (Å²) in [6, 6.07) is 3.60. The van der Waals surface area contributed by atoms with Crippen LogP contribution in [-0.4, -0.2) is 55.9 Å². The van der Waals surface area contributed by atoms with E-state index in [9.17, 15) is 9.90 Å². The average Bonchev–Trinajstić information content (AvgIpc) is 2.60. The molecule has 0 unspecified atom stereocenters. The van der Waals surface area contributed by atoms with Gasteiger partial charge in [0.05, 0.1) is 33.4 Å². The van der Waals surface area contributed by atoms with Gasteiger partial charge in [0.15, 0.2) is 11.5 Å². The zero-order valence-electron chi connectivity index (χ0n) is 15.8. The van der Waals surface area contributed by atoms with E-state index in [1.165, 1.54) is 0 Å². The Morgan fingerprint density at radius 1 is 1.24 bits per heavy atom. The van der Waals surface area contributed by atoms with E-state index in [4.69, 9.17) is 14.2 Å². The Bertz CT molecular complexity index is 589. The van der Waals surface area contributed by atoms with Gasteiger partial charge in [0.25, 0.3) is 0 Å². The number of carbonyl (C=O) groups is 1. The lowest BCUT2D eigenvalue weighted by Crippen LogP contribution is -2.52. The molecule has 2 atom stereocenters. The number of hydrogen-bond donors (Lipinski definition) is 1. The molecule has 1 saturated heterocycles. The third-order valence-corrected chi connectivity index (χ3v) is 5.13. The molecule has 140 valence electrons. The second-order valence-corrected chi connectivity index (χ2v) is 6.76. The first-order valence-electron chi connectivity index (χ1n) is 8.65.